The molecule has 0 atom stereocenters. The lowest BCUT2D eigenvalue weighted by Gasteiger charge is -1.99. The van der Waals surface area contributed by atoms with Crippen LogP contribution in [0.5, 0.6) is 11.7 Å². The van der Waals surface area contributed by atoms with E-state index in [2.05, 4.69) is 5.16 Å². The van der Waals surface area contributed by atoms with Crippen molar-refractivity contribution in [3.8, 4) is 23.0 Å². The van der Waals surface area contributed by atoms with Crippen molar-refractivity contribution in [3.05, 3.63) is 30.3 Å². The highest BCUT2D eigenvalue weighted by molar-refractivity contribution is 5.69. The maximum absolute atomic E-state index is 10.7. The van der Waals surface area contributed by atoms with Crippen LogP contribution in [0.25, 0.3) is 11.3 Å². The summed E-state index contributed by atoms with van der Waals surface area (Å²) in [5.41, 5.74) is 1.46. The molecule has 1 aromatic heterocycles. The van der Waals surface area contributed by atoms with E-state index >= 15 is 0 Å². The zero-order valence-corrected chi connectivity index (χ0v) is 9.47. The molecule has 0 amide bonds. The van der Waals surface area contributed by atoms with Gasteiger partial charge >= 0.3 is 11.9 Å². The Labute approximate surface area is 97.9 Å². The molecule has 0 radical (unpaired) electrons. The van der Waals surface area contributed by atoms with Crippen LogP contribution in [-0.4, -0.2) is 18.2 Å². The van der Waals surface area contributed by atoms with Gasteiger partial charge in [0.05, 0.1) is 13.2 Å². The summed E-state index contributed by atoms with van der Waals surface area (Å²) < 4.78 is 14.7. The average molecular weight is 233 g/mol. The second-order valence-corrected chi connectivity index (χ2v) is 3.35. The molecular weight excluding hydrogens is 222 g/mol. The first-order valence-corrected chi connectivity index (χ1v) is 4.98. The van der Waals surface area contributed by atoms with Gasteiger partial charge in [-0.25, -0.2) is 0 Å². The van der Waals surface area contributed by atoms with Gasteiger partial charge in [-0.15, -0.1) is 0 Å². The van der Waals surface area contributed by atoms with Gasteiger partial charge in [-0.3, -0.25) is 4.79 Å². The molecule has 1 heterocycles. The van der Waals surface area contributed by atoms with Crippen LogP contribution in [0.4, 0.5) is 0 Å². The van der Waals surface area contributed by atoms with Crippen molar-refractivity contribution in [3.63, 3.8) is 0 Å². The van der Waals surface area contributed by atoms with E-state index in [0.29, 0.717) is 5.69 Å². The molecular formula is C12H11NO4. The van der Waals surface area contributed by atoms with Gasteiger partial charge < -0.3 is 14.0 Å². The van der Waals surface area contributed by atoms with Crippen LogP contribution in [0.2, 0.25) is 0 Å². The van der Waals surface area contributed by atoms with E-state index in [1.165, 1.54) is 6.92 Å². The minimum atomic E-state index is -0.442. The van der Waals surface area contributed by atoms with Crippen LogP contribution in [0.15, 0.2) is 34.9 Å². The van der Waals surface area contributed by atoms with Crippen LogP contribution < -0.4 is 9.47 Å². The largest absolute Gasteiger partial charge is 0.497 e. The second kappa shape index (κ2) is 4.69. The maximum Gasteiger partial charge on any atom is 0.319 e. The predicted molar refractivity (Wildman–Crippen MR) is 59.8 cm³/mol. The summed E-state index contributed by atoms with van der Waals surface area (Å²) in [6, 6.07) is 8.87. The van der Waals surface area contributed by atoms with Gasteiger partial charge in [-0.1, -0.05) is 5.16 Å². The fourth-order valence-electron chi connectivity index (χ4n) is 1.35. The molecule has 0 N–H and O–H groups in total. The van der Waals surface area contributed by atoms with Gasteiger partial charge in [0.25, 0.3) is 0 Å². The normalized spacial score (nSPS) is 10.0. The Morgan fingerprint density at radius 2 is 2.00 bits per heavy atom. The molecule has 5 heteroatoms. The third kappa shape index (κ3) is 2.63. The van der Waals surface area contributed by atoms with Crippen LogP contribution in [0, 0.1) is 0 Å². The molecule has 1 aromatic carbocycles. The molecule has 0 fully saturated rings. The molecule has 88 valence electrons. The molecule has 0 aliphatic heterocycles. The Morgan fingerprint density at radius 1 is 1.29 bits per heavy atom. The van der Waals surface area contributed by atoms with Gasteiger partial charge in [0.15, 0.2) is 0 Å². The van der Waals surface area contributed by atoms with E-state index in [1.807, 2.05) is 24.3 Å². The zero-order valence-electron chi connectivity index (χ0n) is 9.47. The van der Waals surface area contributed by atoms with E-state index in [4.69, 9.17) is 14.0 Å². The Bertz CT molecular complexity index is 516. The Hall–Kier alpha value is -2.30. The van der Waals surface area contributed by atoms with Crippen molar-refractivity contribution in [2.75, 3.05) is 7.11 Å². The van der Waals surface area contributed by atoms with Crippen LogP contribution in [0.1, 0.15) is 6.92 Å². The third-order valence-electron chi connectivity index (χ3n) is 2.12. The minimum absolute atomic E-state index is 0.0864. The number of rotatable bonds is 3. The van der Waals surface area contributed by atoms with Crippen LogP contribution >= 0.6 is 0 Å². The molecule has 0 saturated carbocycles. The fourth-order valence-corrected chi connectivity index (χ4v) is 1.35. The molecule has 2 rings (SSSR count). The van der Waals surface area contributed by atoms with Gasteiger partial charge in [-0.05, 0) is 24.3 Å². The average Bonchev–Trinajstić information content (AvgIpc) is 2.77. The number of carbonyl (C=O) groups is 1. The highest BCUT2D eigenvalue weighted by Gasteiger charge is 2.09. The smallest absolute Gasteiger partial charge is 0.319 e. The summed E-state index contributed by atoms with van der Waals surface area (Å²) >= 11 is 0. The SMILES string of the molecule is COc1ccc(-c2cc(OC(C)=O)on2)cc1. The number of nitrogens with zero attached hydrogens (tertiary/aromatic N) is 1. The minimum Gasteiger partial charge on any atom is -0.497 e. The van der Waals surface area contributed by atoms with E-state index in [0.717, 1.165) is 11.3 Å². The number of carbonyl (C=O) groups excluding carboxylic acids is 1. The molecule has 0 aliphatic carbocycles. The van der Waals surface area contributed by atoms with Crippen molar-refractivity contribution >= 4 is 5.97 Å². The summed E-state index contributed by atoms with van der Waals surface area (Å²) in [4.78, 5) is 10.7. The van der Waals surface area contributed by atoms with E-state index in [-0.39, 0.29) is 5.95 Å². The molecule has 0 bridgehead atoms. The van der Waals surface area contributed by atoms with Gasteiger partial charge in [-0.2, -0.15) is 0 Å². The first-order chi connectivity index (χ1) is 8.19. The van der Waals surface area contributed by atoms with Crippen molar-refractivity contribution < 1.29 is 18.8 Å². The molecule has 0 aliphatic rings. The number of esters is 1. The van der Waals surface area contributed by atoms with E-state index in [9.17, 15) is 4.79 Å². The van der Waals surface area contributed by atoms with Crippen molar-refractivity contribution in [2.24, 2.45) is 0 Å². The lowest BCUT2D eigenvalue weighted by Crippen LogP contribution is -1.99. The zero-order chi connectivity index (χ0) is 12.3. The summed E-state index contributed by atoms with van der Waals surface area (Å²) in [5, 5.41) is 3.80. The third-order valence-corrected chi connectivity index (χ3v) is 2.12. The van der Waals surface area contributed by atoms with Crippen LogP contribution in [0.3, 0.4) is 0 Å². The lowest BCUT2D eigenvalue weighted by molar-refractivity contribution is -0.133. The Morgan fingerprint density at radius 3 is 2.59 bits per heavy atom. The molecule has 17 heavy (non-hydrogen) atoms. The maximum atomic E-state index is 10.7. The molecule has 0 saturated heterocycles. The van der Waals surface area contributed by atoms with E-state index < -0.39 is 5.97 Å². The number of hydrogen-bond acceptors (Lipinski definition) is 5. The highest BCUT2D eigenvalue weighted by Crippen LogP contribution is 2.24. The van der Waals surface area contributed by atoms with Crippen molar-refractivity contribution in [1.29, 1.82) is 0 Å². The number of methoxy groups -OCH3 is 1. The second-order valence-electron chi connectivity index (χ2n) is 3.35. The summed E-state index contributed by atoms with van der Waals surface area (Å²) in [6.07, 6.45) is 0. The highest BCUT2D eigenvalue weighted by atomic mass is 16.6. The van der Waals surface area contributed by atoms with Crippen molar-refractivity contribution in [1.82, 2.24) is 5.16 Å². The first kappa shape index (κ1) is 11.2. The molecule has 0 spiro atoms. The fraction of sp³-hybridized carbons (Fsp3) is 0.167. The van der Waals surface area contributed by atoms with Crippen molar-refractivity contribution in [2.45, 2.75) is 6.92 Å². The molecule has 5 nitrogen and oxygen atoms in total. The predicted octanol–water partition coefficient (Wildman–Crippen LogP) is 2.28. The standard InChI is InChI=1S/C12H11NO4/c1-8(14)16-12-7-11(13-17-12)9-3-5-10(15-2)6-4-9/h3-7H,1-2H3. The lowest BCUT2D eigenvalue weighted by atomic mass is 10.1. The summed E-state index contributed by atoms with van der Waals surface area (Å²) in [7, 11) is 1.60. The first-order valence-electron chi connectivity index (χ1n) is 4.98. The number of hydrogen-bond donors (Lipinski definition) is 0. The number of benzene rings is 1. The van der Waals surface area contributed by atoms with Gasteiger partial charge in [0.1, 0.15) is 11.4 Å². The number of ether oxygens (including phenoxy) is 2. The van der Waals surface area contributed by atoms with Gasteiger partial charge in [0.2, 0.25) is 0 Å². The van der Waals surface area contributed by atoms with Gasteiger partial charge in [0, 0.05) is 12.5 Å². The molecule has 2 aromatic rings. The molecule has 0 unspecified atom stereocenters. The Balaban J connectivity index is 2.21. The summed E-state index contributed by atoms with van der Waals surface area (Å²) in [5.74, 6) is 0.406. The quantitative estimate of drug-likeness (QED) is 0.761. The monoisotopic (exact) mass is 233 g/mol. The van der Waals surface area contributed by atoms with Crippen LogP contribution in [-0.2, 0) is 4.79 Å². The Kier molecular flexibility index (Phi) is 3.09. The topological polar surface area (TPSA) is 61.6 Å². The number of aromatic nitrogens is 1. The summed E-state index contributed by atoms with van der Waals surface area (Å²) in [6.45, 7) is 1.30. The van der Waals surface area contributed by atoms with E-state index in [1.54, 1.807) is 13.2 Å².